The van der Waals surface area contributed by atoms with Gasteiger partial charge >= 0.3 is 0 Å². The lowest BCUT2D eigenvalue weighted by Crippen LogP contribution is -2.37. The normalized spacial score (nSPS) is 21.2. The van der Waals surface area contributed by atoms with Crippen LogP contribution < -0.4 is 10.1 Å². The Morgan fingerprint density at radius 2 is 1.97 bits per heavy atom. The Morgan fingerprint density at radius 3 is 2.82 bits per heavy atom. The van der Waals surface area contributed by atoms with Crippen LogP contribution in [0.1, 0.15) is 31.1 Å². The van der Waals surface area contributed by atoms with Gasteiger partial charge in [0.15, 0.2) is 0 Å². The SMILES string of the molecule is OC[C@@H]1CC[C@H](n2c(NCc3cccc(OCCCN4CCOCC4)c3)nc3ccccc32)O1. The Kier molecular flexibility index (Phi) is 7.60. The van der Waals surface area contributed by atoms with Crippen LogP contribution in [0.15, 0.2) is 48.5 Å². The van der Waals surface area contributed by atoms with Crippen LogP contribution in [0.4, 0.5) is 5.95 Å². The van der Waals surface area contributed by atoms with E-state index in [0.29, 0.717) is 13.2 Å². The molecule has 2 fully saturated rings. The van der Waals surface area contributed by atoms with E-state index in [1.54, 1.807) is 0 Å². The van der Waals surface area contributed by atoms with Gasteiger partial charge in [0.1, 0.15) is 12.0 Å². The zero-order chi connectivity index (χ0) is 23.2. The number of rotatable bonds is 10. The number of aliphatic hydroxyl groups is 1. The van der Waals surface area contributed by atoms with Crippen molar-refractivity contribution in [2.75, 3.05) is 51.4 Å². The molecule has 8 heteroatoms. The van der Waals surface area contributed by atoms with E-state index in [1.807, 2.05) is 30.3 Å². The van der Waals surface area contributed by atoms with Crippen molar-refractivity contribution in [1.29, 1.82) is 0 Å². The molecule has 2 atom stereocenters. The molecule has 1 aromatic heterocycles. The molecule has 2 saturated heterocycles. The smallest absolute Gasteiger partial charge is 0.206 e. The maximum absolute atomic E-state index is 9.50. The molecule has 0 radical (unpaired) electrons. The van der Waals surface area contributed by atoms with Crippen molar-refractivity contribution in [3.8, 4) is 5.75 Å². The van der Waals surface area contributed by atoms with Crippen molar-refractivity contribution >= 4 is 17.0 Å². The molecule has 3 aromatic rings. The van der Waals surface area contributed by atoms with Gasteiger partial charge in [-0.15, -0.1) is 0 Å². The van der Waals surface area contributed by atoms with Crippen LogP contribution in [0.3, 0.4) is 0 Å². The van der Waals surface area contributed by atoms with Crippen LogP contribution in [0, 0.1) is 0 Å². The number of hydrogen-bond acceptors (Lipinski definition) is 7. The fourth-order valence-electron chi connectivity index (χ4n) is 4.70. The summed E-state index contributed by atoms with van der Waals surface area (Å²) in [5, 5.41) is 13.0. The van der Waals surface area contributed by atoms with Gasteiger partial charge in [-0.1, -0.05) is 24.3 Å². The first-order valence-electron chi connectivity index (χ1n) is 12.3. The third-order valence-corrected chi connectivity index (χ3v) is 6.51. The first-order valence-corrected chi connectivity index (χ1v) is 12.3. The lowest BCUT2D eigenvalue weighted by atomic mass is 10.2. The average molecular weight is 467 g/mol. The topological polar surface area (TPSA) is 81.0 Å². The molecule has 0 aliphatic carbocycles. The van der Waals surface area contributed by atoms with Gasteiger partial charge in [0.25, 0.3) is 0 Å². The van der Waals surface area contributed by atoms with Crippen LogP contribution >= 0.6 is 0 Å². The highest BCUT2D eigenvalue weighted by molar-refractivity contribution is 5.78. The molecule has 8 nitrogen and oxygen atoms in total. The van der Waals surface area contributed by atoms with Gasteiger partial charge < -0.3 is 24.6 Å². The van der Waals surface area contributed by atoms with Gasteiger partial charge in [-0.2, -0.15) is 0 Å². The van der Waals surface area contributed by atoms with Gasteiger partial charge in [0.05, 0.1) is 43.6 Å². The van der Waals surface area contributed by atoms with Crippen LogP contribution in [0.25, 0.3) is 11.0 Å². The summed E-state index contributed by atoms with van der Waals surface area (Å²) in [6.45, 7) is 6.11. The monoisotopic (exact) mass is 466 g/mol. The van der Waals surface area contributed by atoms with Crippen LogP contribution in [0.2, 0.25) is 0 Å². The highest BCUT2D eigenvalue weighted by Crippen LogP contribution is 2.34. The van der Waals surface area contributed by atoms with E-state index in [2.05, 4.69) is 33.0 Å². The number of nitrogens with one attached hydrogen (secondary N) is 1. The van der Waals surface area contributed by atoms with E-state index in [-0.39, 0.29) is 18.9 Å². The lowest BCUT2D eigenvalue weighted by Gasteiger charge is -2.26. The summed E-state index contributed by atoms with van der Waals surface area (Å²) in [5.41, 5.74) is 3.09. The molecule has 0 unspecified atom stereocenters. The number of aliphatic hydroxyl groups excluding tert-OH is 1. The molecule has 2 aromatic carbocycles. The minimum absolute atomic E-state index is 0.0468. The number of aromatic nitrogens is 2. The third-order valence-electron chi connectivity index (χ3n) is 6.51. The fraction of sp³-hybridized carbons (Fsp3) is 0.500. The molecule has 34 heavy (non-hydrogen) atoms. The Morgan fingerprint density at radius 1 is 1.09 bits per heavy atom. The zero-order valence-corrected chi connectivity index (χ0v) is 19.6. The molecule has 2 N–H and O–H groups in total. The number of hydrogen-bond donors (Lipinski definition) is 2. The molecular formula is C26H34N4O4. The predicted octanol–water partition coefficient (Wildman–Crippen LogP) is 3.42. The Labute approximate surface area is 200 Å². The molecule has 2 aliphatic rings. The highest BCUT2D eigenvalue weighted by atomic mass is 16.5. The molecule has 5 rings (SSSR count). The Bertz CT molecular complexity index is 1070. The Balaban J connectivity index is 1.20. The van der Waals surface area contributed by atoms with E-state index in [9.17, 15) is 5.11 Å². The average Bonchev–Trinajstić information content (AvgIpc) is 3.50. The van der Waals surface area contributed by atoms with Crippen molar-refractivity contribution < 1.29 is 19.3 Å². The molecular weight excluding hydrogens is 432 g/mol. The third kappa shape index (κ3) is 5.52. The van der Waals surface area contributed by atoms with E-state index in [0.717, 1.165) is 80.4 Å². The van der Waals surface area contributed by atoms with Crippen molar-refractivity contribution in [3.63, 3.8) is 0 Å². The number of anilines is 1. The Hall–Kier alpha value is -2.65. The van der Waals surface area contributed by atoms with E-state index >= 15 is 0 Å². The molecule has 0 amide bonds. The predicted molar refractivity (Wildman–Crippen MR) is 131 cm³/mol. The molecule has 0 bridgehead atoms. The van der Waals surface area contributed by atoms with Crippen molar-refractivity contribution in [1.82, 2.24) is 14.5 Å². The van der Waals surface area contributed by atoms with Gasteiger partial charge in [-0.05, 0) is 49.1 Å². The largest absolute Gasteiger partial charge is 0.494 e. The van der Waals surface area contributed by atoms with E-state index < -0.39 is 0 Å². The van der Waals surface area contributed by atoms with Crippen LogP contribution in [0.5, 0.6) is 5.75 Å². The maximum Gasteiger partial charge on any atom is 0.206 e. The first kappa shape index (κ1) is 23.1. The van der Waals surface area contributed by atoms with E-state index in [1.165, 1.54) is 0 Å². The second-order valence-corrected chi connectivity index (χ2v) is 8.92. The lowest BCUT2D eigenvalue weighted by molar-refractivity contribution is -0.0195. The van der Waals surface area contributed by atoms with Crippen molar-refractivity contribution in [3.05, 3.63) is 54.1 Å². The highest BCUT2D eigenvalue weighted by Gasteiger charge is 2.29. The number of nitrogens with zero attached hydrogens (tertiary/aromatic N) is 3. The quantitative estimate of drug-likeness (QED) is 0.443. The van der Waals surface area contributed by atoms with Crippen LogP contribution in [-0.2, 0) is 16.0 Å². The number of para-hydroxylation sites is 2. The van der Waals surface area contributed by atoms with Gasteiger partial charge in [0, 0.05) is 26.2 Å². The first-order chi connectivity index (χ1) is 16.8. The van der Waals surface area contributed by atoms with Crippen LogP contribution in [-0.4, -0.2) is 71.7 Å². The summed E-state index contributed by atoms with van der Waals surface area (Å²) in [6.07, 6.45) is 2.46. The molecule has 0 spiro atoms. The number of imidazole rings is 1. The summed E-state index contributed by atoms with van der Waals surface area (Å²) in [7, 11) is 0. The zero-order valence-electron chi connectivity index (χ0n) is 19.6. The van der Waals surface area contributed by atoms with Gasteiger partial charge in [-0.3, -0.25) is 9.47 Å². The summed E-state index contributed by atoms with van der Waals surface area (Å²) in [4.78, 5) is 7.24. The molecule has 2 aliphatic heterocycles. The molecule has 182 valence electrons. The van der Waals surface area contributed by atoms with Crippen molar-refractivity contribution in [2.45, 2.75) is 38.1 Å². The number of fused-ring (bicyclic) bond motifs is 1. The maximum atomic E-state index is 9.50. The minimum atomic E-state index is -0.131. The van der Waals surface area contributed by atoms with Crippen molar-refractivity contribution in [2.24, 2.45) is 0 Å². The summed E-state index contributed by atoms with van der Waals surface area (Å²) >= 11 is 0. The fourth-order valence-corrected chi connectivity index (χ4v) is 4.70. The number of morpholine rings is 1. The standard InChI is InChI=1S/C26H34N4O4/c31-19-22-9-10-25(34-22)30-24-8-2-1-7-23(24)28-26(30)27-18-20-5-3-6-21(17-20)33-14-4-11-29-12-15-32-16-13-29/h1-3,5-8,17,22,25,31H,4,9-16,18-19H2,(H,27,28)/t22-,25+/m0/s1. The summed E-state index contributed by atoms with van der Waals surface area (Å²) in [6, 6.07) is 16.3. The summed E-state index contributed by atoms with van der Waals surface area (Å²) in [5.74, 6) is 1.67. The molecule has 3 heterocycles. The van der Waals surface area contributed by atoms with Gasteiger partial charge in [0.2, 0.25) is 5.95 Å². The number of ether oxygens (including phenoxy) is 3. The van der Waals surface area contributed by atoms with Gasteiger partial charge in [-0.25, -0.2) is 4.98 Å². The molecule has 0 saturated carbocycles. The number of benzene rings is 2. The van der Waals surface area contributed by atoms with E-state index in [4.69, 9.17) is 19.2 Å². The summed E-state index contributed by atoms with van der Waals surface area (Å²) < 4.78 is 19.6. The minimum Gasteiger partial charge on any atom is -0.494 e. The second-order valence-electron chi connectivity index (χ2n) is 8.92. The second kappa shape index (κ2) is 11.2.